The number of nitrogens with one attached hydrogen (secondary N) is 1. The summed E-state index contributed by atoms with van der Waals surface area (Å²) in [6.07, 6.45) is 6.89. The molecule has 0 bridgehead atoms. The summed E-state index contributed by atoms with van der Waals surface area (Å²) < 4.78 is 7.56. The number of imidazole rings is 1. The van der Waals surface area contributed by atoms with Gasteiger partial charge in [-0.25, -0.2) is 4.98 Å². The Labute approximate surface area is 131 Å². The van der Waals surface area contributed by atoms with Gasteiger partial charge in [0.2, 0.25) is 0 Å². The first-order chi connectivity index (χ1) is 11.2. The number of carbonyl (C=O) groups is 1. The maximum atomic E-state index is 12.3. The molecule has 4 rings (SSSR count). The SMILES string of the molecule is Cc1cccc2cc(C(=O)NCc3cnc4cnccn34)oc12. The maximum Gasteiger partial charge on any atom is 0.287 e. The lowest BCUT2D eigenvalue weighted by atomic mass is 10.2. The first kappa shape index (κ1) is 13.5. The van der Waals surface area contributed by atoms with E-state index in [1.54, 1.807) is 24.7 Å². The Morgan fingerprint density at radius 2 is 2.26 bits per heavy atom. The Balaban J connectivity index is 1.56. The average Bonchev–Trinajstić information content (AvgIpc) is 3.17. The molecule has 0 aliphatic heterocycles. The molecule has 4 aromatic rings. The van der Waals surface area contributed by atoms with Gasteiger partial charge in [0.1, 0.15) is 5.58 Å². The van der Waals surface area contributed by atoms with Crippen molar-refractivity contribution >= 4 is 22.5 Å². The third-order valence-electron chi connectivity index (χ3n) is 3.79. The van der Waals surface area contributed by atoms with Crippen LogP contribution in [0.5, 0.6) is 0 Å². The van der Waals surface area contributed by atoms with Gasteiger partial charge < -0.3 is 9.73 Å². The lowest BCUT2D eigenvalue weighted by Gasteiger charge is -2.03. The number of amides is 1. The van der Waals surface area contributed by atoms with E-state index in [-0.39, 0.29) is 5.91 Å². The third-order valence-corrected chi connectivity index (χ3v) is 3.79. The van der Waals surface area contributed by atoms with Crippen LogP contribution in [0, 0.1) is 6.92 Å². The number of aromatic nitrogens is 3. The second-order valence-corrected chi connectivity index (χ2v) is 5.34. The van der Waals surface area contributed by atoms with Crippen LogP contribution in [0.1, 0.15) is 21.8 Å². The van der Waals surface area contributed by atoms with Crippen molar-refractivity contribution in [2.24, 2.45) is 0 Å². The van der Waals surface area contributed by atoms with Crippen LogP contribution < -0.4 is 5.32 Å². The number of furan rings is 1. The van der Waals surface area contributed by atoms with E-state index in [4.69, 9.17) is 4.42 Å². The molecule has 0 saturated heterocycles. The molecule has 1 N–H and O–H groups in total. The van der Waals surface area contributed by atoms with Crippen LogP contribution in [0.15, 0.2) is 53.5 Å². The molecule has 0 aliphatic carbocycles. The highest BCUT2D eigenvalue weighted by Gasteiger charge is 2.13. The molecule has 1 amide bonds. The molecule has 0 atom stereocenters. The van der Waals surface area contributed by atoms with Gasteiger partial charge in [-0.1, -0.05) is 18.2 Å². The van der Waals surface area contributed by atoms with E-state index in [1.807, 2.05) is 35.7 Å². The second-order valence-electron chi connectivity index (χ2n) is 5.34. The lowest BCUT2D eigenvalue weighted by Crippen LogP contribution is -2.22. The van der Waals surface area contributed by atoms with Crippen LogP contribution in [-0.2, 0) is 6.54 Å². The molecule has 1 aromatic carbocycles. The number of hydrogen-bond acceptors (Lipinski definition) is 4. The van der Waals surface area contributed by atoms with Crippen molar-refractivity contribution < 1.29 is 9.21 Å². The number of aryl methyl sites for hydroxylation is 1. The van der Waals surface area contributed by atoms with Crippen molar-refractivity contribution in [2.45, 2.75) is 13.5 Å². The summed E-state index contributed by atoms with van der Waals surface area (Å²) >= 11 is 0. The maximum absolute atomic E-state index is 12.3. The molecule has 6 nitrogen and oxygen atoms in total. The Hall–Kier alpha value is -3.15. The van der Waals surface area contributed by atoms with Gasteiger partial charge in [-0.05, 0) is 18.6 Å². The van der Waals surface area contributed by atoms with E-state index in [2.05, 4.69) is 15.3 Å². The minimum absolute atomic E-state index is 0.246. The average molecular weight is 306 g/mol. The molecule has 3 aromatic heterocycles. The summed E-state index contributed by atoms with van der Waals surface area (Å²) in [7, 11) is 0. The zero-order valence-electron chi connectivity index (χ0n) is 12.5. The number of nitrogens with zero attached hydrogens (tertiary/aromatic N) is 3. The first-order valence-corrected chi connectivity index (χ1v) is 7.26. The summed E-state index contributed by atoms with van der Waals surface area (Å²) in [5.41, 5.74) is 3.38. The fourth-order valence-electron chi connectivity index (χ4n) is 2.60. The molecule has 114 valence electrons. The van der Waals surface area contributed by atoms with Crippen LogP contribution >= 0.6 is 0 Å². The van der Waals surface area contributed by atoms with Crippen molar-refractivity contribution in [2.75, 3.05) is 0 Å². The summed E-state index contributed by atoms with van der Waals surface area (Å²) in [4.78, 5) is 20.6. The van der Waals surface area contributed by atoms with E-state index >= 15 is 0 Å². The number of rotatable bonds is 3. The summed E-state index contributed by atoms with van der Waals surface area (Å²) in [5.74, 6) is 0.0643. The summed E-state index contributed by atoms with van der Waals surface area (Å²) in [5, 5.41) is 3.79. The van der Waals surface area contributed by atoms with E-state index in [9.17, 15) is 4.79 Å². The summed E-state index contributed by atoms with van der Waals surface area (Å²) in [6, 6.07) is 7.59. The van der Waals surface area contributed by atoms with Crippen molar-refractivity contribution in [3.05, 3.63) is 66.1 Å². The quantitative estimate of drug-likeness (QED) is 0.631. The molecule has 23 heavy (non-hydrogen) atoms. The number of hydrogen-bond donors (Lipinski definition) is 1. The molecule has 0 spiro atoms. The van der Waals surface area contributed by atoms with Crippen molar-refractivity contribution in [1.82, 2.24) is 19.7 Å². The second kappa shape index (κ2) is 5.24. The highest BCUT2D eigenvalue weighted by molar-refractivity contribution is 5.96. The van der Waals surface area contributed by atoms with E-state index in [0.29, 0.717) is 12.3 Å². The topological polar surface area (TPSA) is 72.4 Å². The Morgan fingerprint density at radius 3 is 3.13 bits per heavy atom. The van der Waals surface area contributed by atoms with Crippen LogP contribution in [0.3, 0.4) is 0 Å². The van der Waals surface area contributed by atoms with Gasteiger partial charge in [-0.3, -0.25) is 14.2 Å². The van der Waals surface area contributed by atoms with Crippen molar-refractivity contribution in [1.29, 1.82) is 0 Å². The van der Waals surface area contributed by atoms with Gasteiger partial charge in [0.15, 0.2) is 11.4 Å². The van der Waals surface area contributed by atoms with E-state index in [1.165, 1.54) is 0 Å². The standard InChI is InChI=1S/C17H14N4O2/c1-11-3-2-4-12-7-14(23-16(11)12)17(22)20-9-13-8-19-15-10-18-5-6-21(13)15/h2-8,10H,9H2,1H3,(H,20,22). The molecule has 6 heteroatoms. The number of para-hydroxylation sites is 1. The molecule has 3 heterocycles. The molecule has 0 aliphatic rings. The van der Waals surface area contributed by atoms with Gasteiger partial charge in [-0.2, -0.15) is 0 Å². The monoisotopic (exact) mass is 306 g/mol. The first-order valence-electron chi connectivity index (χ1n) is 7.26. The van der Waals surface area contributed by atoms with E-state index in [0.717, 1.165) is 27.9 Å². The Kier molecular flexibility index (Phi) is 3.08. The fourth-order valence-corrected chi connectivity index (χ4v) is 2.60. The zero-order valence-corrected chi connectivity index (χ0v) is 12.5. The molecule has 0 fully saturated rings. The van der Waals surface area contributed by atoms with Gasteiger partial charge in [-0.15, -0.1) is 0 Å². The normalized spacial score (nSPS) is 11.2. The molecule has 0 radical (unpaired) electrons. The van der Waals surface area contributed by atoms with Crippen molar-refractivity contribution in [3.63, 3.8) is 0 Å². The van der Waals surface area contributed by atoms with Crippen LogP contribution in [0.2, 0.25) is 0 Å². The number of fused-ring (bicyclic) bond motifs is 2. The highest BCUT2D eigenvalue weighted by Crippen LogP contribution is 2.22. The predicted octanol–water partition coefficient (Wildman–Crippen LogP) is 2.71. The largest absolute Gasteiger partial charge is 0.451 e. The van der Waals surface area contributed by atoms with Gasteiger partial charge in [0.25, 0.3) is 5.91 Å². The molecular weight excluding hydrogens is 292 g/mol. The van der Waals surface area contributed by atoms with Crippen LogP contribution in [0.4, 0.5) is 0 Å². The zero-order chi connectivity index (χ0) is 15.8. The van der Waals surface area contributed by atoms with Gasteiger partial charge in [0, 0.05) is 17.8 Å². The smallest absolute Gasteiger partial charge is 0.287 e. The minimum Gasteiger partial charge on any atom is -0.451 e. The molecule has 0 unspecified atom stereocenters. The van der Waals surface area contributed by atoms with Gasteiger partial charge in [0.05, 0.1) is 24.6 Å². The Bertz CT molecular complexity index is 1020. The summed E-state index contributed by atoms with van der Waals surface area (Å²) in [6.45, 7) is 2.32. The van der Waals surface area contributed by atoms with Crippen LogP contribution in [0.25, 0.3) is 16.6 Å². The number of carbonyl (C=O) groups excluding carboxylic acids is 1. The number of benzene rings is 1. The predicted molar refractivity (Wildman–Crippen MR) is 85.1 cm³/mol. The van der Waals surface area contributed by atoms with Gasteiger partial charge >= 0.3 is 0 Å². The minimum atomic E-state index is -0.246. The van der Waals surface area contributed by atoms with Crippen molar-refractivity contribution in [3.8, 4) is 0 Å². The fraction of sp³-hybridized carbons (Fsp3) is 0.118. The third kappa shape index (κ3) is 2.34. The molecule has 0 saturated carbocycles. The Morgan fingerprint density at radius 1 is 1.35 bits per heavy atom. The molecular formula is C17H14N4O2. The highest BCUT2D eigenvalue weighted by atomic mass is 16.3. The van der Waals surface area contributed by atoms with E-state index < -0.39 is 0 Å². The van der Waals surface area contributed by atoms with Crippen LogP contribution in [-0.4, -0.2) is 20.3 Å². The lowest BCUT2D eigenvalue weighted by molar-refractivity contribution is 0.0924.